The normalized spacial score (nSPS) is 13.4. The summed E-state index contributed by atoms with van der Waals surface area (Å²) in [7, 11) is 0. The average Bonchev–Trinajstić information content (AvgIpc) is 2.47. The highest BCUT2D eigenvalue weighted by Crippen LogP contribution is 2.56. The van der Waals surface area contributed by atoms with E-state index in [1.54, 1.807) is 26.7 Å². The van der Waals surface area contributed by atoms with Crippen LogP contribution in [0.25, 0.3) is 0 Å². The van der Waals surface area contributed by atoms with Crippen molar-refractivity contribution in [3.05, 3.63) is 57.7 Å². The van der Waals surface area contributed by atoms with Gasteiger partial charge in [-0.25, -0.2) is 0 Å². The summed E-state index contributed by atoms with van der Waals surface area (Å²) in [5.41, 5.74) is -4.68. The fourth-order valence-electron chi connectivity index (χ4n) is 2.54. The predicted molar refractivity (Wildman–Crippen MR) is 90.7 cm³/mol. The minimum Gasteiger partial charge on any atom is -0.169 e. The summed E-state index contributed by atoms with van der Waals surface area (Å²) in [5, 5.41) is 0. The van der Waals surface area contributed by atoms with E-state index in [4.69, 9.17) is 6.42 Å². The Morgan fingerprint density at radius 2 is 1.42 bits per heavy atom. The fourth-order valence-corrected chi connectivity index (χ4v) is 2.54. The van der Waals surface area contributed by atoms with Crippen LogP contribution in [0.3, 0.4) is 0 Å². The van der Waals surface area contributed by atoms with Crippen LogP contribution in [-0.4, -0.2) is 12.4 Å². The molecule has 6 heteroatoms. The van der Waals surface area contributed by atoms with Crippen molar-refractivity contribution in [1.29, 1.82) is 0 Å². The molecule has 0 aliphatic heterocycles. The lowest BCUT2D eigenvalue weighted by molar-refractivity contribution is -0.288. The summed E-state index contributed by atoms with van der Waals surface area (Å²) < 4.78 is 84.0. The molecule has 26 heavy (non-hydrogen) atoms. The van der Waals surface area contributed by atoms with Gasteiger partial charge >= 0.3 is 12.4 Å². The maximum absolute atomic E-state index is 14.0. The lowest BCUT2D eigenvalue weighted by Crippen LogP contribution is -2.55. The molecule has 0 saturated carbocycles. The second-order valence-corrected chi connectivity index (χ2v) is 6.43. The topological polar surface area (TPSA) is 0 Å². The molecular formula is C20H20F6. The van der Waals surface area contributed by atoms with Gasteiger partial charge in [0.2, 0.25) is 5.41 Å². The number of alkyl halides is 6. The van der Waals surface area contributed by atoms with E-state index in [-0.39, 0.29) is 5.57 Å². The number of allylic oxidation sites excluding steroid dienone is 4. The molecule has 0 aromatic heterocycles. The lowest BCUT2D eigenvalue weighted by atomic mass is 9.71. The quantitative estimate of drug-likeness (QED) is 0.318. The van der Waals surface area contributed by atoms with Crippen LogP contribution in [-0.2, 0) is 5.41 Å². The van der Waals surface area contributed by atoms with E-state index in [0.717, 1.165) is 18.2 Å². The second kappa shape index (κ2) is 7.22. The maximum atomic E-state index is 14.0. The maximum Gasteiger partial charge on any atom is 0.411 e. The monoisotopic (exact) mass is 374 g/mol. The Labute approximate surface area is 149 Å². The third kappa shape index (κ3) is 3.67. The van der Waals surface area contributed by atoms with E-state index < -0.39 is 28.9 Å². The van der Waals surface area contributed by atoms with Crippen molar-refractivity contribution in [1.82, 2.24) is 0 Å². The van der Waals surface area contributed by atoms with Crippen LogP contribution in [0, 0.1) is 26.2 Å². The summed E-state index contributed by atoms with van der Waals surface area (Å²) in [4.78, 5) is 0. The zero-order valence-corrected chi connectivity index (χ0v) is 15.2. The number of rotatable bonds is 3. The van der Waals surface area contributed by atoms with Crippen molar-refractivity contribution >= 4 is 0 Å². The molecule has 0 fully saturated rings. The molecule has 0 aliphatic rings. The van der Waals surface area contributed by atoms with Gasteiger partial charge in [0, 0.05) is 5.57 Å². The van der Waals surface area contributed by atoms with Gasteiger partial charge in [0.15, 0.2) is 0 Å². The molecule has 0 radical (unpaired) electrons. The predicted octanol–water partition coefficient (Wildman–Crippen LogP) is 6.58. The second-order valence-electron chi connectivity index (χ2n) is 6.43. The number of hydrogen-bond acceptors (Lipinski definition) is 0. The first-order valence-electron chi connectivity index (χ1n) is 7.74. The molecule has 0 spiro atoms. The molecular weight excluding hydrogens is 354 g/mol. The molecule has 1 rings (SSSR count). The summed E-state index contributed by atoms with van der Waals surface area (Å²) in [5.74, 6) is 1.66. The van der Waals surface area contributed by atoms with Crippen LogP contribution in [0.4, 0.5) is 26.3 Å². The van der Waals surface area contributed by atoms with E-state index in [0.29, 0.717) is 16.7 Å². The number of aryl methyl sites for hydroxylation is 2. The van der Waals surface area contributed by atoms with E-state index in [2.05, 4.69) is 0 Å². The minimum absolute atomic E-state index is 0.250. The first-order valence-corrected chi connectivity index (χ1v) is 7.74. The Balaban J connectivity index is 4.09. The van der Waals surface area contributed by atoms with Gasteiger partial charge < -0.3 is 0 Å². The van der Waals surface area contributed by atoms with Crippen LogP contribution in [0.1, 0.15) is 37.5 Å². The number of terminal acetylenes is 1. The summed E-state index contributed by atoms with van der Waals surface area (Å²) >= 11 is 0. The van der Waals surface area contributed by atoms with E-state index >= 15 is 0 Å². The molecule has 0 unspecified atom stereocenters. The van der Waals surface area contributed by atoms with Crippen LogP contribution in [0.5, 0.6) is 0 Å². The molecule has 0 amide bonds. The zero-order chi connectivity index (χ0) is 20.5. The van der Waals surface area contributed by atoms with Gasteiger partial charge in [0.1, 0.15) is 0 Å². The van der Waals surface area contributed by atoms with Gasteiger partial charge in [-0.3, -0.25) is 0 Å². The Bertz CT molecular complexity index is 764. The van der Waals surface area contributed by atoms with Crippen molar-refractivity contribution in [3.63, 3.8) is 0 Å². The fraction of sp³-hybridized carbons (Fsp3) is 0.400. The third-order valence-corrected chi connectivity index (χ3v) is 4.50. The highest BCUT2D eigenvalue weighted by atomic mass is 19.4. The molecule has 0 aliphatic carbocycles. The van der Waals surface area contributed by atoms with Crippen LogP contribution in [0.2, 0.25) is 0 Å². The highest BCUT2D eigenvalue weighted by molar-refractivity contribution is 5.53. The van der Waals surface area contributed by atoms with Gasteiger partial charge in [-0.1, -0.05) is 35.3 Å². The van der Waals surface area contributed by atoms with Crippen molar-refractivity contribution in [2.24, 2.45) is 0 Å². The van der Waals surface area contributed by atoms with E-state index in [1.165, 1.54) is 19.9 Å². The molecule has 1 aromatic rings. The number of hydrogen-bond donors (Lipinski definition) is 0. The van der Waals surface area contributed by atoms with Gasteiger partial charge in [-0.05, 0) is 57.4 Å². The van der Waals surface area contributed by atoms with Crippen LogP contribution in [0.15, 0.2) is 41.0 Å². The third-order valence-electron chi connectivity index (χ3n) is 4.50. The lowest BCUT2D eigenvalue weighted by Gasteiger charge is -2.38. The van der Waals surface area contributed by atoms with Crippen molar-refractivity contribution in [3.8, 4) is 12.3 Å². The summed E-state index contributed by atoms with van der Waals surface area (Å²) in [6, 6.07) is 2.98. The van der Waals surface area contributed by atoms with Gasteiger partial charge in [0.25, 0.3) is 0 Å². The van der Waals surface area contributed by atoms with E-state index in [9.17, 15) is 26.3 Å². The average molecular weight is 374 g/mol. The largest absolute Gasteiger partial charge is 0.411 e. The molecule has 1 aromatic carbocycles. The van der Waals surface area contributed by atoms with Crippen LogP contribution >= 0.6 is 0 Å². The smallest absolute Gasteiger partial charge is 0.169 e. The Hall–Kier alpha value is -2.16. The molecule has 0 saturated heterocycles. The molecule has 142 valence electrons. The highest BCUT2D eigenvalue weighted by Gasteiger charge is 2.73. The minimum atomic E-state index is -5.67. The summed E-state index contributed by atoms with van der Waals surface area (Å²) in [6.45, 7) is 7.65. The molecule has 0 atom stereocenters. The Morgan fingerprint density at radius 1 is 0.923 bits per heavy atom. The van der Waals surface area contributed by atoms with Crippen molar-refractivity contribution in [2.75, 3.05) is 0 Å². The van der Waals surface area contributed by atoms with E-state index in [1.807, 2.05) is 0 Å². The number of halogens is 6. The zero-order valence-electron chi connectivity index (χ0n) is 15.2. The SMILES string of the molecule is C#C/C(=C\C(C)=C(C)C)C(c1ccc(C)c(C)c1)(C(F)(F)F)C(F)(F)F. The Morgan fingerprint density at radius 3 is 1.77 bits per heavy atom. The summed E-state index contributed by atoms with van der Waals surface area (Å²) in [6.07, 6.45) is -5.38. The van der Waals surface area contributed by atoms with Gasteiger partial charge in [-0.15, -0.1) is 6.42 Å². The van der Waals surface area contributed by atoms with Gasteiger partial charge in [-0.2, -0.15) is 26.3 Å². The first kappa shape index (κ1) is 21.9. The van der Waals surface area contributed by atoms with Crippen molar-refractivity contribution in [2.45, 2.75) is 52.4 Å². The molecule has 0 N–H and O–H groups in total. The van der Waals surface area contributed by atoms with Crippen LogP contribution < -0.4 is 0 Å². The first-order chi connectivity index (χ1) is 11.7. The molecule has 0 nitrogen and oxygen atoms in total. The Kier molecular flexibility index (Phi) is 6.08. The molecule has 0 heterocycles. The van der Waals surface area contributed by atoms with Crippen molar-refractivity contribution < 1.29 is 26.3 Å². The number of benzene rings is 1. The van der Waals surface area contributed by atoms with Gasteiger partial charge in [0.05, 0.1) is 0 Å². The standard InChI is InChI=1S/C20H20F6/c1-7-16(10-14(5)12(2)3)18(19(21,22)23,20(24,25)26)17-9-8-13(4)15(6)11-17/h1,8-11H,2-6H3/b16-10+. The molecule has 0 bridgehead atoms.